The van der Waals surface area contributed by atoms with E-state index in [0.29, 0.717) is 6.04 Å². The first kappa shape index (κ1) is 13.7. The molecule has 0 aliphatic heterocycles. The van der Waals surface area contributed by atoms with E-state index in [2.05, 4.69) is 17.4 Å². The molecular formula is C16H21NO2. The minimum atomic E-state index is 0.457. The summed E-state index contributed by atoms with van der Waals surface area (Å²) in [7, 11) is 3.70. The average molecular weight is 259 g/mol. The van der Waals surface area contributed by atoms with Gasteiger partial charge in [0.05, 0.1) is 13.4 Å². The Morgan fingerprint density at radius 2 is 2.00 bits per heavy atom. The van der Waals surface area contributed by atoms with Crippen LogP contribution < -0.4 is 10.1 Å². The summed E-state index contributed by atoms with van der Waals surface area (Å²) in [5.74, 6) is 1.95. The molecule has 1 unspecified atom stereocenters. The molecule has 0 bridgehead atoms. The molecule has 1 N–H and O–H groups in total. The molecule has 1 atom stereocenters. The molecule has 0 saturated carbocycles. The number of methoxy groups -OCH3 is 1. The molecule has 1 aromatic heterocycles. The maximum Gasteiger partial charge on any atom is 0.118 e. The maximum atomic E-state index is 5.36. The fourth-order valence-corrected chi connectivity index (χ4v) is 2.17. The van der Waals surface area contributed by atoms with Crippen molar-refractivity contribution in [1.82, 2.24) is 5.32 Å². The summed E-state index contributed by atoms with van der Waals surface area (Å²) >= 11 is 0. The van der Waals surface area contributed by atoms with Crippen molar-refractivity contribution in [2.24, 2.45) is 0 Å². The predicted octanol–water partition coefficient (Wildman–Crippen LogP) is 3.05. The highest BCUT2D eigenvalue weighted by molar-refractivity contribution is 5.27. The number of ether oxygens (including phenoxy) is 1. The first-order valence-electron chi connectivity index (χ1n) is 6.64. The monoisotopic (exact) mass is 259 g/mol. The lowest BCUT2D eigenvalue weighted by Crippen LogP contribution is -2.28. The summed E-state index contributed by atoms with van der Waals surface area (Å²) in [6, 6.07) is 12.7. The number of rotatable bonds is 7. The molecule has 1 heterocycles. The fourth-order valence-electron chi connectivity index (χ4n) is 2.17. The van der Waals surface area contributed by atoms with E-state index < -0.39 is 0 Å². The van der Waals surface area contributed by atoms with Crippen molar-refractivity contribution in [2.75, 3.05) is 14.2 Å². The van der Waals surface area contributed by atoms with Gasteiger partial charge in [-0.3, -0.25) is 0 Å². The first-order chi connectivity index (χ1) is 9.31. The van der Waals surface area contributed by atoms with E-state index in [-0.39, 0.29) is 0 Å². The molecule has 102 valence electrons. The minimum Gasteiger partial charge on any atom is -0.497 e. The van der Waals surface area contributed by atoms with Gasteiger partial charge >= 0.3 is 0 Å². The van der Waals surface area contributed by atoms with Crippen molar-refractivity contribution in [2.45, 2.75) is 25.3 Å². The quantitative estimate of drug-likeness (QED) is 0.830. The lowest BCUT2D eigenvalue weighted by Gasteiger charge is -2.15. The van der Waals surface area contributed by atoms with Crippen LogP contribution in [-0.4, -0.2) is 20.2 Å². The second-order valence-corrected chi connectivity index (χ2v) is 4.66. The van der Waals surface area contributed by atoms with Gasteiger partial charge in [-0.2, -0.15) is 0 Å². The molecule has 0 aliphatic carbocycles. The van der Waals surface area contributed by atoms with E-state index in [4.69, 9.17) is 9.15 Å². The van der Waals surface area contributed by atoms with Gasteiger partial charge < -0.3 is 14.5 Å². The second kappa shape index (κ2) is 7.00. The molecule has 0 saturated heterocycles. The van der Waals surface area contributed by atoms with Crippen molar-refractivity contribution in [3.05, 3.63) is 54.0 Å². The van der Waals surface area contributed by atoms with Crippen LogP contribution in [0.15, 0.2) is 47.1 Å². The largest absolute Gasteiger partial charge is 0.497 e. The fraction of sp³-hybridized carbons (Fsp3) is 0.375. The van der Waals surface area contributed by atoms with Crippen molar-refractivity contribution in [3.63, 3.8) is 0 Å². The standard InChI is InChI=1S/C16H21NO2/c1-17-14(7-10-16-4-3-11-19-16)12-13-5-8-15(18-2)9-6-13/h3-6,8-9,11,14,17H,7,10,12H2,1-2H3. The Hall–Kier alpha value is -1.74. The SMILES string of the molecule is CNC(CCc1ccco1)Cc1ccc(OC)cc1. The summed E-state index contributed by atoms with van der Waals surface area (Å²) in [5.41, 5.74) is 1.32. The van der Waals surface area contributed by atoms with E-state index in [1.165, 1.54) is 5.56 Å². The Bertz CT molecular complexity index is 462. The zero-order valence-corrected chi connectivity index (χ0v) is 11.6. The van der Waals surface area contributed by atoms with Crippen LogP contribution in [0.4, 0.5) is 0 Å². The summed E-state index contributed by atoms with van der Waals surface area (Å²) < 4.78 is 10.5. The van der Waals surface area contributed by atoms with Gasteiger partial charge in [0.2, 0.25) is 0 Å². The molecule has 0 fully saturated rings. The number of likely N-dealkylation sites (N-methyl/N-ethyl adjacent to an activating group) is 1. The number of aryl methyl sites for hydroxylation is 1. The molecule has 2 aromatic rings. The third-order valence-corrected chi connectivity index (χ3v) is 3.37. The van der Waals surface area contributed by atoms with Gasteiger partial charge in [0.25, 0.3) is 0 Å². The Kier molecular flexibility index (Phi) is 5.04. The van der Waals surface area contributed by atoms with Crippen LogP contribution in [0, 0.1) is 0 Å². The predicted molar refractivity (Wildman–Crippen MR) is 76.6 cm³/mol. The van der Waals surface area contributed by atoms with Crippen molar-refractivity contribution in [1.29, 1.82) is 0 Å². The summed E-state index contributed by atoms with van der Waals surface area (Å²) in [6.07, 6.45) is 4.78. The zero-order valence-electron chi connectivity index (χ0n) is 11.6. The van der Waals surface area contributed by atoms with Crippen LogP contribution in [0.2, 0.25) is 0 Å². The highest BCUT2D eigenvalue weighted by Crippen LogP contribution is 2.14. The van der Waals surface area contributed by atoms with Crippen molar-refractivity contribution < 1.29 is 9.15 Å². The van der Waals surface area contributed by atoms with Gasteiger partial charge in [0.15, 0.2) is 0 Å². The molecular weight excluding hydrogens is 238 g/mol. The van der Waals surface area contributed by atoms with Crippen LogP contribution >= 0.6 is 0 Å². The van der Waals surface area contributed by atoms with Crippen molar-refractivity contribution in [3.8, 4) is 5.75 Å². The van der Waals surface area contributed by atoms with Crippen LogP contribution in [0.5, 0.6) is 5.75 Å². The molecule has 1 aromatic carbocycles. The number of benzene rings is 1. The van der Waals surface area contributed by atoms with E-state index in [0.717, 1.165) is 30.8 Å². The number of hydrogen-bond donors (Lipinski definition) is 1. The first-order valence-corrected chi connectivity index (χ1v) is 6.64. The number of furan rings is 1. The van der Waals surface area contributed by atoms with Gasteiger partial charge in [0, 0.05) is 12.5 Å². The van der Waals surface area contributed by atoms with E-state index >= 15 is 0 Å². The van der Waals surface area contributed by atoms with Gasteiger partial charge in [-0.1, -0.05) is 12.1 Å². The molecule has 0 radical (unpaired) electrons. The highest BCUT2D eigenvalue weighted by atomic mass is 16.5. The molecule has 0 amide bonds. The third-order valence-electron chi connectivity index (χ3n) is 3.37. The number of hydrogen-bond acceptors (Lipinski definition) is 3. The topological polar surface area (TPSA) is 34.4 Å². The van der Waals surface area contributed by atoms with E-state index in [1.54, 1.807) is 13.4 Å². The Morgan fingerprint density at radius 1 is 1.21 bits per heavy atom. The molecule has 3 heteroatoms. The lowest BCUT2D eigenvalue weighted by atomic mass is 10.0. The normalized spacial score (nSPS) is 12.3. The Morgan fingerprint density at radius 3 is 2.58 bits per heavy atom. The van der Waals surface area contributed by atoms with Crippen LogP contribution in [0.3, 0.4) is 0 Å². The van der Waals surface area contributed by atoms with E-state index in [9.17, 15) is 0 Å². The molecule has 3 nitrogen and oxygen atoms in total. The van der Waals surface area contributed by atoms with Crippen LogP contribution in [0.1, 0.15) is 17.7 Å². The molecule has 2 rings (SSSR count). The van der Waals surface area contributed by atoms with Crippen LogP contribution in [-0.2, 0) is 12.8 Å². The van der Waals surface area contributed by atoms with Gasteiger partial charge in [-0.05, 0) is 49.7 Å². The average Bonchev–Trinajstić information content (AvgIpc) is 2.97. The Labute approximate surface area is 114 Å². The Balaban J connectivity index is 1.87. The number of nitrogens with one attached hydrogen (secondary N) is 1. The summed E-state index contributed by atoms with van der Waals surface area (Å²) in [4.78, 5) is 0. The maximum absolute atomic E-state index is 5.36. The lowest BCUT2D eigenvalue weighted by molar-refractivity contribution is 0.414. The molecule has 19 heavy (non-hydrogen) atoms. The zero-order chi connectivity index (χ0) is 13.5. The van der Waals surface area contributed by atoms with Gasteiger partial charge in [-0.25, -0.2) is 0 Å². The smallest absolute Gasteiger partial charge is 0.118 e. The van der Waals surface area contributed by atoms with Crippen molar-refractivity contribution >= 4 is 0 Å². The van der Waals surface area contributed by atoms with E-state index in [1.807, 2.05) is 31.3 Å². The summed E-state index contributed by atoms with van der Waals surface area (Å²) in [5, 5.41) is 3.37. The van der Waals surface area contributed by atoms with Crippen LogP contribution in [0.25, 0.3) is 0 Å². The highest BCUT2D eigenvalue weighted by Gasteiger charge is 2.08. The second-order valence-electron chi connectivity index (χ2n) is 4.66. The third kappa shape index (κ3) is 4.14. The molecule has 0 aliphatic rings. The molecule has 0 spiro atoms. The van der Waals surface area contributed by atoms with Gasteiger partial charge in [0.1, 0.15) is 11.5 Å². The van der Waals surface area contributed by atoms with Gasteiger partial charge in [-0.15, -0.1) is 0 Å². The minimum absolute atomic E-state index is 0.457. The summed E-state index contributed by atoms with van der Waals surface area (Å²) in [6.45, 7) is 0.